The third kappa shape index (κ3) is 6.00. The summed E-state index contributed by atoms with van der Waals surface area (Å²) in [5.74, 6) is 0.248. The molecule has 1 aromatic carbocycles. The Hall–Kier alpha value is -3.82. The summed E-state index contributed by atoms with van der Waals surface area (Å²) in [7, 11) is 0. The Balaban J connectivity index is 1.54. The molecule has 0 spiro atoms. The summed E-state index contributed by atoms with van der Waals surface area (Å²) in [4.78, 5) is 34.9. The first kappa shape index (κ1) is 27.2. The molecule has 2 aromatic heterocycles. The maximum absolute atomic E-state index is 14.6. The Morgan fingerprint density at radius 2 is 1.82 bits per heavy atom. The normalized spacial score (nSPS) is 18.0. The fourth-order valence-corrected chi connectivity index (χ4v) is 4.83. The van der Waals surface area contributed by atoms with Crippen molar-refractivity contribution in [2.75, 3.05) is 24.5 Å². The average Bonchev–Trinajstić information content (AvgIpc) is 3.55. The van der Waals surface area contributed by atoms with Gasteiger partial charge in [-0.05, 0) is 37.0 Å². The number of amides is 2. The molecule has 3 heterocycles. The van der Waals surface area contributed by atoms with Crippen molar-refractivity contribution < 1.29 is 14.0 Å². The molecule has 4 rings (SSSR count). The van der Waals surface area contributed by atoms with Crippen LogP contribution in [0.2, 0.25) is 0 Å². The number of rotatable bonds is 10. The molecule has 3 unspecified atom stereocenters. The standard InChI is InChI=1S/C28H36FN7O2/c1-5-34(6-2)25-16-31-33-36(25)18-26(37)35-17-22(29)14-24(35)28(38)32-27(20-10-8-7-9-11-20)23-13-12-21(15-30-23)19(3)4/h7-13,15-16,19,22,24,27H,5-6,14,17-18H2,1-4H3,(H,32,38). The van der Waals surface area contributed by atoms with Crippen LogP contribution < -0.4 is 10.2 Å². The number of hydrogen-bond donors (Lipinski definition) is 1. The van der Waals surface area contributed by atoms with E-state index in [0.717, 1.165) is 24.2 Å². The lowest BCUT2D eigenvalue weighted by Gasteiger charge is -2.27. The van der Waals surface area contributed by atoms with Crippen molar-refractivity contribution in [1.29, 1.82) is 0 Å². The van der Waals surface area contributed by atoms with Crippen molar-refractivity contribution >= 4 is 17.6 Å². The van der Waals surface area contributed by atoms with Gasteiger partial charge in [0.1, 0.15) is 24.6 Å². The summed E-state index contributed by atoms with van der Waals surface area (Å²) >= 11 is 0. The highest BCUT2D eigenvalue weighted by molar-refractivity contribution is 5.89. The number of likely N-dealkylation sites (tertiary alicyclic amines) is 1. The number of alkyl halides is 1. The first-order valence-electron chi connectivity index (χ1n) is 13.2. The van der Waals surface area contributed by atoms with E-state index in [9.17, 15) is 14.0 Å². The van der Waals surface area contributed by atoms with Crippen LogP contribution in [0.4, 0.5) is 10.2 Å². The minimum Gasteiger partial charge on any atom is -0.356 e. The first-order chi connectivity index (χ1) is 18.3. The van der Waals surface area contributed by atoms with Crippen molar-refractivity contribution in [3.05, 3.63) is 71.7 Å². The van der Waals surface area contributed by atoms with Gasteiger partial charge in [0.05, 0.1) is 24.5 Å². The molecule has 1 aliphatic rings. The Labute approximate surface area is 223 Å². The van der Waals surface area contributed by atoms with Crippen LogP contribution in [0, 0.1) is 0 Å². The zero-order valence-electron chi connectivity index (χ0n) is 22.4. The quantitative estimate of drug-likeness (QED) is 0.439. The van der Waals surface area contributed by atoms with E-state index in [1.165, 1.54) is 9.58 Å². The lowest BCUT2D eigenvalue weighted by molar-refractivity contribution is -0.139. The number of nitrogens with one attached hydrogen (secondary N) is 1. The number of pyridine rings is 1. The van der Waals surface area contributed by atoms with Gasteiger partial charge in [-0.15, -0.1) is 5.10 Å². The second-order valence-corrected chi connectivity index (χ2v) is 9.84. The summed E-state index contributed by atoms with van der Waals surface area (Å²) < 4.78 is 16.1. The summed E-state index contributed by atoms with van der Waals surface area (Å²) in [6, 6.07) is 12.0. The van der Waals surface area contributed by atoms with Crippen molar-refractivity contribution in [1.82, 2.24) is 30.2 Å². The van der Waals surface area contributed by atoms with Crippen LogP contribution >= 0.6 is 0 Å². The van der Waals surface area contributed by atoms with Gasteiger partial charge in [-0.3, -0.25) is 14.6 Å². The van der Waals surface area contributed by atoms with Crippen LogP contribution in [0.1, 0.15) is 62.9 Å². The number of carbonyl (C=O) groups excluding carboxylic acids is 2. The minimum atomic E-state index is -1.29. The van der Waals surface area contributed by atoms with E-state index in [0.29, 0.717) is 17.4 Å². The second-order valence-electron chi connectivity index (χ2n) is 9.84. The molecule has 9 nitrogen and oxygen atoms in total. The molecule has 1 saturated heterocycles. The Morgan fingerprint density at radius 1 is 1.08 bits per heavy atom. The van der Waals surface area contributed by atoms with Crippen molar-refractivity contribution in [3.63, 3.8) is 0 Å². The largest absolute Gasteiger partial charge is 0.356 e. The molecule has 1 N–H and O–H groups in total. The third-order valence-electron chi connectivity index (χ3n) is 7.03. The maximum Gasteiger partial charge on any atom is 0.245 e. The number of anilines is 1. The molecule has 3 atom stereocenters. The number of halogens is 1. The van der Waals surface area contributed by atoms with E-state index in [1.54, 1.807) is 6.20 Å². The number of aromatic nitrogens is 4. The summed E-state index contributed by atoms with van der Waals surface area (Å²) in [6.07, 6.45) is 2.08. The van der Waals surface area contributed by atoms with Crippen molar-refractivity contribution in [2.24, 2.45) is 0 Å². The summed E-state index contributed by atoms with van der Waals surface area (Å²) in [6.45, 7) is 9.40. The molecule has 0 radical (unpaired) electrons. The van der Waals surface area contributed by atoms with Gasteiger partial charge in [-0.1, -0.05) is 55.5 Å². The van der Waals surface area contributed by atoms with Gasteiger partial charge in [-0.2, -0.15) is 0 Å². The monoisotopic (exact) mass is 521 g/mol. The number of benzene rings is 1. The van der Waals surface area contributed by atoms with Gasteiger partial charge in [0.2, 0.25) is 11.8 Å². The van der Waals surface area contributed by atoms with Crippen LogP contribution in [0.25, 0.3) is 0 Å². The van der Waals surface area contributed by atoms with Gasteiger partial charge in [0.15, 0.2) is 0 Å². The van der Waals surface area contributed by atoms with Crippen molar-refractivity contribution in [3.8, 4) is 0 Å². The molecule has 3 aromatic rings. The highest BCUT2D eigenvalue weighted by atomic mass is 19.1. The number of carbonyl (C=O) groups is 2. The van der Waals surface area contributed by atoms with Gasteiger partial charge in [-0.25, -0.2) is 9.07 Å². The molecule has 202 valence electrons. The summed E-state index contributed by atoms with van der Waals surface area (Å²) in [5.41, 5.74) is 2.62. The molecule has 10 heteroatoms. The number of hydrogen-bond acceptors (Lipinski definition) is 6. The molecule has 2 amide bonds. The van der Waals surface area contributed by atoms with Gasteiger partial charge in [0, 0.05) is 25.7 Å². The Bertz CT molecular complexity index is 1210. The lowest BCUT2D eigenvalue weighted by atomic mass is 10.00. The van der Waals surface area contributed by atoms with Crippen molar-refractivity contribution in [2.45, 2.75) is 64.8 Å². The van der Waals surface area contributed by atoms with E-state index in [4.69, 9.17) is 0 Å². The highest BCUT2D eigenvalue weighted by Gasteiger charge is 2.41. The predicted octanol–water partition coefficient (Wildman–Crippen LogP) is 3.49. The molecule has 1 aliphatic heterocycles. The van der Waals surface area contributed by atoms with E-state index in [2.05, 4.69) is 34.5 Å². The average molecular weight is 522 g/mol. The zero-order chi connectivity index (χ0) is 27.2. The van der Waals surface area contributed by atoms with Crippen LogP contribution in [-0.2, 0) is 16.1 Å². The SMILES string of the molecule is CCN(CC)c1cnnn1CC(=O)N1CC(F)CC1C(=O)NC(c1ccccc1)c1ccc(C(C)C)cn1. The molecule has 0 aliphatic carbocycles. The molecular formula is C28H36FN7O2. The van der Waals surface area contributed by atoms with Gasteiger partial charge < -0.3 is 15.1 Å². The lowest BCUT2D eigenvalue weighted by Crippen LogP contribution is -2.48. The van der Waals surface area contributed by atoms with E-state index < -0.39 is 24.2 Å². The van der Waals surface area contributed by atoms with E-state index in [1.807, 2.05) is 67.4 Å². The second kappa shape index (κ2) is 12.1. The summed E-state index contributed by atoms with van der Waals surface area (Å²) in [5, 5.41) is 11.1. The first-order valence-corrected chi connectivity index (χ1v) is 13.2. The van der Waals surface area contributed by atoms with Crippen LogP contribution in [0.15, 0.2) is 54.9 Å². The molecule has 0 saturated carbocycles. The number of nitrogens with zero attached hydrogens (tertiary/aromatic N) is 6. The Kier molecular flexibility index (Phi) is 8.70. The maximum atomic E-state index is 14.6. The fourth-order valence-electron chi connectivity index (χ4n) is 4.83. The zero-order valence-corrected chi connectivity index (χ0v) is 22.4. The topological polar surface area (TPSA) is 96.3 Å². The molecular weight excluding hydrogens is 485 g/mol. The fraction of sp³-hybridized carbons (Fsp3) is 0.464. The molecule has 1 fully saturated rings. The van der Waals surface area contributed by atoms with Crippen LogP contribution in [0.3, 0.4) is 0 Å². The molecule has 38 heavy (non-hydrogen) atoms. The minimum absolute atomic E-state index is 0.0565. The smallest absolute Gasteiger partial charge is 0.245 e. The van der Waals surface area contributed by atoms with E-state index in [-0.39, 0.29) is 25.4 Å². The highest BCUT2D eigenvalue weighted by Crippen LogP contribution is 2.26. The van der Waals surface area contributed by atoms with Crippen LogP contribution in [0.5, 0.6) is 0 Å². The predicted molar refractivity (Wildman–Crippen MR) is 143 cm³/mol. The van der Waals surface area contributed by atoms with Gasteiger partial charge in [0.25, 0.3) is 0 Å². The van der Waals surface area contributed by atoms with E-state index >= 15 is 0 Å². The van der Waals surface area contributed by atoms with Gasteiger partial charge >= 0.3 is 0 Å². The third-order valence-corrected chi connectivity index (χ3v) is 7.03. The Morgan fingerprint density at radius 3 is 2.45 bits per heavy atom. The molecule has 0 bridgehead atoms. The van der Waals surface area contributed by atoms with Crippen LogP contribution in [-0.4, -0.2) is 68.5 Å².